The van der Waals surface area contributed by atoms with Gasteiger partial charge in [0.05, 0.1) is 34.3 Å². The molecule has 1 aromatic carbocycles. The maximum absolute atomic E-state index is 14.6. The monoisotopic (exact) mass is 923 g/mol. The second kappa shape index (κ2) is 16.8. The number of nitrogens with zero attached hydrogens (tertiary/aromatic N) is 8. The number of anilines is 1. The van der Waals surface area contributed by atoms with Crippen LogP contribution in [-0.2, 0) is 28.4 Å². The van der Waals surface area contributed by atoms with E-state index in [-0.39, 0.29) is 70.7 Å². The Bertz CT molecular complexity index is 3070. The zero-order valence-corrected chi connectivity index (χ0v) is 38.1. The van der Waals surface area contributed by atoms with Crippen molar-refractivity contribution in [2.24, 2.45) is 20.0 Å². The SMILES string of the molecule is COc1ncc(C(=O)N2CCC(OC3=c4c(n(C5CCC(=O)NC5=O)c(=O)n4C)=CCC3C)CC2)cc1-c1nc2c(n1C(C)C)[C@H](c1ccc(Cl)cc1)N(c1cc(Cl)cn(C)c1=O)C2=O. The highest BCUT2D eigenvalue weighted by Gasteiger charge is 2.46. The van der Waals surface area contributed by atoms with Crippen molar-refractivity contribution in [3.63, 3.8) is 0 Å². The Balaban J connectivity index is 1.01. The molecule has 17 nitrogen and oxygen atoms in total. The van der Waals surface area contributed by atoms with E-state index >= 15 is 0 Å². The normalized spacial score (nSPS) is 19.9. The molecule has 4 aromatic heterocycles. The van der Waals surface area contributed by atoms with Crippen LogP contribution in [0.4, 0.5) is 5.69 Å². The number of rotatable bonds is 9. The van der Waals surface area contributed by atoms with Gasteiger partial charge >= 0.3 is 5.69 Å². The summed E-state index contributed by atoms with van der Waals surface area (Å²) in [6.45, 7) is 6.70. The van der Waals surface area contributed by atoms with Gasteiger partial charge in [0, 0.05) is 75.8 Å². The van der Waals surface area contributed by atoms with Crippen molar-refractivity contribution in [2.45, 2.75) is 77.1 Å². The van der Waals surface area contributed by atoms with Gasteiger partial charge in [-0.15, -0.1) is 0 Å². The maximum atomic E-state index is 14.6. The quantitative estimate of drug-likeness (QED) is 0.212. The number of hydrogen-bond donors (Lipinski definition) is 1. The minimum Gasteiger partial charge on any atom is -0.492 e. The molecule has 4 amide bonds. The first-order valence-corrected chi connectivity index (χ1v) is 22.3. The second-order valence-corrected chi connectivity index (χ2v) is 18.1. The summed E-state index contributed by atoms with van der Waals surface area (Å²) < 4.78 is 18.7. The van der Waals surface area contributed by atoms with Crippen molar-refractivity contribution >= 4 is 64.4 Å². The van der Waals surface area contributed by atoms with Gasteiger partial charge in [0.1, 0.15) is 40.8 Å². The molecule has 1 aliphatic carbocycles. The van der Waals surface area contributed by atoms with Gasteiger partial charge in [-0.05, 0) is 56.5 Å². The van der Waals surface area contributed by atoms with Crippen LogP contribution >= 0.6 is 23.2 Å². The van der Waals surface area contributed by atoms with E-state index in [1.807, 2.05) is 31.4 Å². The standard InChI is InChI=1S/C46H47Cl2N9O8/c1-23(2)55-38-35(45(62)57(33-20-28(48)22-52(4)44(33)61)36(38)25-8-10-27(47)11-9-25)51-40(55)30-19-26(21-49-42(30)64-6)43(60)54-17-15-29(16-18-54)65-39-24(3)7-12-31-37(39)53(5)46(63)56(31)32-13-14-34(58)50-41(32)59/h8-12,19-24,29,32,36H,7,13-18H2,1-6H3,(H,50,58,59)/t24?,32?,36-/m0/s1. The lowest BCUT2D eigenvalue weighted by molar-refractivity contribution is -0.135. The summed E-state index contributed by atoms with van der Waals surface area (Å²) in [5.74, 6) is -0.440. The number of piperidine rings is 2. The number of ether oxygens (including phenoxy) is 2. The largest absolute Gasteiger partial charge is 0.492 e. The molecule has 4 aliphatic rings. The first-order valence-electron chi connectivity index (χ1n) is 21.5. The van der Waals surface area contributed by atoms with E-state index in [0.717, 1.165) is 0 Å². The summed E-state index contributed by atoms with van der Waals surface area (Å²) in [7, 11) is 4.70. The number of carbonyl (C=O) groups excluding carboxylic acids is 4. The molecule has 5 aromatic rings. The molecule has 0 bridgehead atoms. The molecule has 1 N–H and O–H groups in total. The van der Waals surface area contributed by atoms with Crippen LogP contribution in [0.3, 0.4) is 0 Å². The molecular weight excluding hydrogens is 877 g/mol. The highest BCUT2D eigenvalue weighted by molar-refractivity contribution is 6.31. The molecule has 0 saturated carbocycles. The number of aromatic nitrogens is 6. The number of imide groups is 1. The van der Waals surface area contributed by atoms with Crippen molar-refractivity contribution in [1.29, 1.82) is 0 Å². The Kier molecular flexibility index (Phi) is 11.3. The number of fused-ring (bicyclic) bond motifs is 2. The number of benzene rings is 1. The first-order chi connectivity index (χ1) is 31.1. The first kappa shape index (κ1) is 43.8. The van der Waals surface area contributed by atoms with E-state index < -0.39 is 29.5 Å². The average Bonchev–Trinajstić information content (AvgIpc) is 3.89. The lowest BCUT2D eigenvalue weighted by Crippen LogP contribution is -2.48. The average molecular weight is 925 g/mol. The molecule has 2 fully saturated rings. The number of likely N-dealkylation sites (tertiary alicyclic amines) is 1. The Morgan fingerprint density at radius 3 is 2.37 bits per heavy atom. The number of pyridine rings is 2. The lowest BCUT2D eigenvalue weighted by atomic mass is 9.99. The number of amides is 4. The second-order valence-electron chi connectivity index (χ2n) is 17.2. The summed E-state index contributed by atoms with van der Waals surface area (Å²) in [5.41, 5.74) is 1.35. The Hall–Kier alpha value is -6.46. The van der Waals surface area contributed by atoms with E-state index in [1.165, 1.54) is 44.2 Å². The molecule has 2 unspecified atom stereocenters. The third kappa shape index (κ3) is 7.43. The summed E-state index contributed by atoms with van der Waals surface area (Å²) in [4.78, 5) is 93.5. The van der Waals surface area contributed by atoms with Crippen LogP contribution in [0.2, 0.25) is 10.0 Å². The molecule has 7 heterocycles. The molecular formula is C46H47Cl2N9O8. The molecule has 338 valence electrons. The number of carbonyl (C=O) groups is 4. The minimum absolute atomic E-state index is 0.0436. The Morgan fingerprint density at radius 1 is 0.969 bits per heavy atom. The zero-order chi connectivity index (χ0) is 46.2. The van der Waals surface area contributed by atoms with Crippen molar-refractivity contribution in [3.05, 3.63) is 113 Å². The van der Waals surface area contributed by atoms with E-state index in [2.05, 4.69) is 10.3 Å². The van der Waals surface area contributed by atoms with E-state index in [4.69, 9.17) is 37.7 Å². The molecule has 0 spiro atoms. The van der Waals surface area contributed by atoms with E-state index in [9.17, 15) is 28.8 Å². The van der Waals surface area contributed by atoms with Crippen LogP contribution in [-0.4, -0.2) is 83.1 Å². The van der Waals surface area contributed by atoms with Crippen LogP contribution in [0.1, 0.15) is 103 Å². The summed E-state index contributed by atoms with van der Waals surface area (Å²) in [6, 6.07) is 8.34. The molecule has 0 radical (unpaired) electrons. The number of halogens is 2. The number of aryl methyl sites for hydroxylation is 1. The number of methoxy groups -OCH3 is 1. The fourth-order valence-corrected chi connectivity index (χ4v) is 9.93. The van der Waals surface area contributed by atoms with E-state index in [0.29, 0.717) is 82.0 Å². The Morgan fingerprint density at radius 2 is 1.69 bits per heavy atom. The van der Waals surface area contributed by atoms with Crippen LogP contribution in [0.15, 0.2) is 58.4 Å². The summed E-state index contributed by atoms with van der Waals surface area (Å²) in [5, 5.41) is 4.35. The topological polar surface area (TPSA) is 185 Å². The van der Waals surface area contributed by atoms with Gasteiger partial charge in [0.15, 0.2) is 5.69 Å². The number of nitrogens with one attached hydrogen (secondary N) is 1. The molecule has 19 heteroatoms. The van der Waals surface area contributed by atoms with Gasteiger partial charge in [-0.25, -0.2) is 14.8 Å². The highest BCUT2D eigenvalue weighted by Crippen LogP contribution is 2.45. The predicted octanol–water partition coefficient (Wildman–Crippen LogP) is 4.02. The van der Waals surface area contributed by atoms with Gasteiger partial charge in [-0.2, -0.15) is 0 Å². The van der Waals surface area contributed by atoms with Crippen LogP contribution in [0, 0.1) is 5.92 Å². The van der Waals surface area contributed by atoms with Crippen LogP contribution < -0.4 is 36.9 Å². The van der Waals surface area contributed by atoms with Gasteiger partial charge < -0.3 is 23.5 Å². The van der Waals surface area contributed by atoms with Crippen molar-refractivity contribution < 1.29 is 28.7 Å². The molecule has 3 aliphatic heterocycles. The molecule has 2 saturated heterocycles. The highest BCUT2D eigenvalue weighted by atomic mass is 35.5. The third-order valence-electron chi connectivity index (χ3n) is 12.7. The molecule has 9 rings (SSSR count). The lowest BCUT2D eigenvalue weighted by Gasteiger charge is -2.34. The van der Waals surface area contributed by atoms with Gasteiger partial charge in [0.25, 0.3) is 17.4 Å². The number of hydrogen-bond acceptors (Lipinski definition) is 10. The number of imidazole rings is 2. The van der Waals surface area contributed by atoms with Crippen molar-refractivity contribution in [3.8, 4) is 17.3 Å². The minimum atomic E-state index is -0.801. The third-order valence-corrected chi connectivity index (χ3v) is 13.2. The van der Waals surface area contributed by atoms with Crippen molar-refractivity contribution in [1.82, 2.24) is 38.5 Å². The Labute approximate surface area is 382 Å². The van der Waals surface area contributed by atoms with Crippen LogP contribution in [0.25, 0.3) is 23.2 Å². The van der Waals surface area contributed by atoms with E-state index in [1.54, 1.807) is 49.3 Å². The fraction of sp³-hybridized carbons (Fsp3) is 0.391. The van der Waals surface area contributed by atoms with Crippen LogP contribution in [0.5, 0.6) is 5.88 Å². The zero-order valence-electron chi connectivity index (χ0n) is 36.6. The smallest absolute Gasteiger partial charge is 0.329 e. The predicted molar refractivity (Wildman–Crippen MR) is 241 cm³/mol. The van der Waals surface area contributed by atoms with Gasteiger partial charge in [-0.1, -0.05) is 48.3 Å². The van der Waals surface area contributed by atoms with Gasteiger partial charge in [0.2, 0.25) is 17.7 Å². The van der Waals surface area contributed by atoms with Gasteiger partial charge in [-0.3, -0.25) is 43.3 Å². The summed E-state index contributed by atoms with van der Waals surface area (Å²) >= 11 is 12.8. The molecule has 65 heavy (non-hydrogen) atoms. The molecule has 3 atom stereocenters. The summed E-state index contributed by atoms with van der Waals surface area (Å²) in [6.07, 6.45) is 6.66. The van der Waals surface area contributed by atoms with Crippen molar-refractivity contribution in [2.75, 3.05) is 25.1 Å². The fourth-order valence-electron chi connectivity index (χ4n) is 9.55. The maximum Gasteiger partial charge on any atom is 0.329 e.